The molecular weight excluding hydrogens is 278 g/mol. The first kappa shape index (κ1) is 13.1. The molecule has 104 valence electrons. The van der Waals surface area contributed by atoms with Gasteiger partial charge in [0.15, 0.2) is 0 Å². The molecule has 2 N–H and O–H groups in total. The molecule has 3 rings (SSSR count). The van der Waals surface area contributed by atoms with Crippen LogP contribution >= 0.6 is 11.6 Å². The second-order valence-electron chi connectivity index (χ2n) is 5.02. The summed E-state index contributed by atoms with van der Waals surface area (Å²) >= 11 is 6.22. The summed E-state index contributed by atoms with van der Waals surface area (Å²) in [4.78, 5) is 11.8. The first-order valence-electron chi connectivity index (χ1n) is 6.30. The Kier molecular flexibility index (Phi) is 3.23. The molecule has 0 bridgehead atoms. The minimum atomic E-state index is -0.385. The number of aromatic nitrogens is 2. The van der Waals surface area contributed by atoms with Crippen LogP contribution in [0.25, 0.3) is 0 Å². The summed E-state index contributed by atoms with van der Waals surface area (Å²) < 4.78 is 1.70. The fraction of sp³-hybridized carbons (Fsp3) is 0.286. The molecule has 1 heterocycles. The van der Waals surface area contributed by atoms with E-state index in [9.17, 15) is 4.79 Å². The van der Waals surface area contributed by atoms with Gasteiger partial charge in [0.1, 0.15) is 0 Å². The molecule has 1 aliphatic rings. The Labute approximate surface area is 121 Å². The number of aryl methyl sites for hydroxylation is 1. The predicted molar refractivity (Wildman–Crippen MR) is 73.6 cm³/mol. The minimum Gasteiger partial charge on any atom is -0.289 e. The maximum absolute atomic E-state index is 11.8. The fourth-order valence-electron chi connectivity index (χ4n) is 2.87. The second kappa shape index (κ2) is 4.92. The Morgan fingerprint density at radius 3 is 2.75 bits per heavy atom. The first-order valence-corrected chi connectivity index (χ1v) is 6.68. The summed E-state index contributed by atoms with van der Waals surface area (Å²) in [6.07, 6.45) is 3.64. The van der Waals surface area contributed by atoms with Crippen LogP contribution in [-0.2, 0) is 11.8 Å². The van der Waals surface area contributed by atoms with Gasteiger partial charge in [0, 0.05) is 30.1 Å². The van der Waals surface area contributed by atoms with Crippen molar-refractivity contribution >= 4 is 17.5 Å². The summed E-state index contributed by atoms with van der Waals surface area (Å²) in [6, 6.07) is 7.48. The van der Waals surface area contributed by atoms with E-state index < -0.39 is 0 Å². The molecule has 0 radical (unpaired) electrons. The molecule has 1 amide bonds. The van der Waals surface area contributed by atoms with Gasteiger partial charge in [-0.1, -0.05) is 29.8 Å². The summed E-state index contributed by atoms with van der Waals surface area (Å²) in [6.45, 7) is 0. The standard InChI is InChI=1S/C14H14ClN3O2/c1-18-7-8(6-16-18)11-12(13(11)14(19)17-20)9-4-2-3-5-10(9)15/h2-7,11-13,20H,1H3,(H,17,19)/t11-,12-,13-/m1/s1. The van der Waals surface area contributed by atoms with Gasteiger partial charge in [-0.05, 0) is 17.2 Å². The number of rotatable bonds is 3. The van der Waals surface area contributed by atoms with Crippen molar-refractivity contribution in [3.8, 4) is 0 Å². The van der Waals surface area contributed by atoms with Gasteiger partial charge >= 0.3 is 0 Å². The van der Waals surface area contributed by atoms with Gasteiger partial charge in [-0.15, -0.1) is 0 Å². The molecule has 1 fully saturated rings. The third kappa shape index (κ3) is 2.09. The first-order chi connectivity index (χ1) is 9.63. The lowest BCUT2D eigenvalue weighted by molar-refractivity contribution is -0.130. The van der Waals surface area contributed by atoms with E-state index in [4.69, 9.17) is 16.8 Å². The zero-order valence-electron chi connectivity index (χ0n) is 10.8. The Bertz CT molecular complexity index is 655. The summed E-state index contributed by atoms with van der Waals surface area (Å²) in [5.41, 5.74) is 3.65. The minimum absolute atomic E-state index is 0.00394. The van der Waals surface area contributed by atoms with Crippen LogP contribution in [0.3, 0.4) is 0 Å². The molecule has 1 saturated carbocycles. The molecule has 1 aromatic heterocycles. The lowest BCUT2D eigenvalue weighted by Gasteiger charge is -2.02. The van der Waals surface area contributed by atoms with Gasteiger partial charge in [0.2, 0.25) is 5.91 Å². The molecule has 0 spiro atoms. The van der Waals surface area contributed by atoms with Crippen LogP contribution in [-0.4, -0.2) is 20.9 Å². The van der Waals surface area contributed by atoms with Crippen LogP contribution in [0.15, 0.2) is 36.7 Å². The Morgan fingerprint density at radius 1 is 1.40 bits per heavy atom. The van der Waals surface area contributed by atoms with Crippen LogP contribution < -0.4 is 5.48 Å². The average molecular weight is 292 g/mol. The van der Waals surface area contributed by atoms with E-state index in [1.54, 1.807) is 16.4 Å². The van der Waals surface area contributed by atoms with E-state index in [0.717, 1.165) is 11.1 Å². The lowest BCUT2D eigenvalue weighted by atomic mass is 10.1. The molecule has 5 nitrogen and oxygen atoms in total. The number of amides is 1. The van der Waals surface area contributed by atoms with Gasteiger partial charge in [-0.2, -0.15) is 5.10 Å². The van der Waals surface area contributed by atoms with Crippen molar-refractivity contribution in [1.29, 1.82) is 0 Å². The Balaban J connectivity index is 1.97. The van der Waals surface area contributed by atoms with E-state index >= 15 is 0 Å². The van der Waals surface area contributed by atoms with E-state index in [0.29, 0.717) is 5.02 Å². The number of nitrogens with zero attached hydrogens (tertiary/aromatic N) is 2. The van der Waals surface area contributed by atoms with Crippen LogP contribution in [0, 0.1) is 5.92 Å². The van der Waals surface area contributed by atoms with Gasteiger partial charge in [-0.25, -0.2) is 5.48 Å². The normalized spacial score (nSPS) is 24.4. The highest BCUT2D eigenvalue weighted by Gasteiger charge is 2.57. The molecule has 20 heavy (non-hydrogen) atoms. The third-order valence-corrected chi connectivity index (χ3v) is 4.15. The molecule has 1 aromatic carbocycles. The highest BCUT2D eigenvalue weighted by molar-refractivity contribution is 6.31. The Morgan fingerprint density at radius 2 is 2.15 bits per heavy atom. The van der Waals surface area contributed by atoms with Gasteiger partial charge in [0.05, 0.1) is 12.1 Å². The molecule has 0 unspecified atom stereocenters. The van der Waals surface area contributed by atoms with E-state index in [1.807, 2.05) is 37.5 Å². The van der Waals surface area contributed by atoms with Gasteiger partial charge in [0.25, 0.3) is 0 Å². The highest BCUT2D eigenvalue weighted by Crippen LogP contribution is 2.61. The average Bonchev–Trinajstić information content (AvgIpc) is 3.04. The number of hydrogen-bond acceptors (Lipinski definition) is 3. The lowest BCUT2D eigenvalue weighted by Crippen LogP contribution is -2.21. The van der Waals surface area contributed by atoms with Crippen LogP contribution in [0.4, 0.5) is 0 Å². The highest BCUT2D eigenvalue weighted by atomic mass is 35.5. The van der Waals surface area contributed by atoms with Crippen molar-refractivity contribution in [3.63, 3.8) is 0 Å². The fourth-order valence-corrected chi connectivity index (χ4v) is 3.13. The van der Waals surface area contributed by atoms with Crippen molar-refractivity contribution in [1.82, 2.24) is 15.3 Å². The van der Waals surface area contributed by atoms with Gasteiger partial charge < -0.3 is 0 Å². The number of halogens is 1. The summed E-state index contributed by atoms with van der Waals surface area (Å²) in [5.74, 6) is -0.733. The topological polar surface area (TPSA) is 67.2 Å². The molecule has 0 saturated heterocycles. The third-order valence-electron chi connectivity index (χ3n) is 3.81. The van der Waals surface area contributed by atoms with Crippen molar-refractivity contribution in [2.45, 2.75) is 11.8 Å². The molecule has 0 aliphatic heterocycles. The van der Waals surface area contributed by atoms with E-state index in [1.165, 1.54) is 0 Å². The quantitative estimate of drug-likeness (QED) is 0.672. The zero-order valence-corrected chi connectivity index (χ0v) is 11.6. The number of hydroxylamine groups is 1. The number of carbonyl (C=O) groups excluding carboxylic acids is 1. The molecule has 3 atom stereocenters. The molecule has 2 aromatic rings. The monoisotopic (exact) mass is 291 g/mol. The maximum Gasteiger partial charge on any atom is 0.247 e. The van der Waals surface area contributed by atoms with Crippen LogP contribution in [0.1, 0.15) is 23.0 Å². The van der Waals surface area contributed by atoms with E-state index in [-0.39, 0.29) is 23.7 Å². The second-order valence-corrected chi connectivity index (χ2v) is 5.43. The molecule has 1 aliphatic carbocycles. The smallest absolute Gasteiger partial charge is 0.247 e. The van der Waals surface area contributed by atoms with Crippen molar-refractivity contribution in [3.05, 3.63) is 52.8 Å². The molecular formula is C14H14ClN3O2. The zero-order chi connectivity index (χ0) is 14.3. The number of carbonyl (C=O) groups is 1. The summed E-state index contributed by atoms with van der Waals surface area (Å²) in [5, 5.41) is 13.7. The van der Waals surface area contributed by atoms with Crippen molar-refractivity contribution < 1.29 is 10.0 Å². The Hall–Kier alpha value is -1.85. The van der Waals surface area contributed by atoms with Crippen LogP contribution in [0.2, 0.25) is 5.02 Å². The number of hydrogen-bond donors (Lipinski definition) is 2. The van der Waals surface area contributed by atoms with Gasteiger partial charge in [-0.3, -0.25) is 14.7 Å². The van der Waals surface area contributed by atoms with Crippen LogP contribution in [0.5, 0.6) is 0 Å². The predicted octanol–water partition coefficient (Wildman–Crippen LogP) is 2.08. The SMILES string of the molecule is Cn1cc([C@H]2[C@@H](C(=O)NO)[C@@H]2c2ccccc2Cl)cn1. The summed E-state index contributed by atoms with van der Waals surface area (Å²) in [7, 11) is 1.83. The number of nitrogens with one attached hydrogen (secondary N) is 1. The molecule has 6 heteroatoms. The van der Waals surface area contributed by atoms with E-state index in [2.05, 4.69) is 5.10 Å². The van der Waals surface area contributed by atoms with Crippen molar-refractivity contribution in [2.75, 3.05) is 0 Å². The number of benzene rings is 1. The largest absolute Gasteiger partial charge is 0.289 e. The maximum atomic E-state index is 11.8. The van der Waals surface area contributed by atoms with Crippen molar-refractivity contribution in [2.24, 2.45) is 13.0 Å².